The van der Waals surface area contributed by atoms with E-state index in [4.69, 9.17) is 0 Å². The van der Waals surface area contributed by atoms with Crippen molar-refractivity contribution in [3.05, 3.63) is 47.6 Å². The summed E-state index contributed by atoms with van der Waals surface area (Å²) in [4.78, 5) is 0. The number of hydrogen-bond acceptors (Lipinski definition) is 4. The summed E-state index contributed by atoms with van der Waals surface area (Å²) in [7, 11) is 0. The Morgan fingerprint density at radius 3 is 2.16 bits per heavy atom. The lowest BCUT2D eigenvalue weighted by atomic mass is 9.55. The molecule has 0 aromatic heterocycles. The summed E-state index contributed by atoms with van der Waals surface area (Å²) in [5.41, 5.74) is -4.25. The molecular weight excluding hydrogens is 574 g/mol. The van der Waals surface area contributed by atoms with Gasteiger partial charge in [0.15, 0.2) is 0 Å². The second-order valence-corrected chi connectivity index (χ2v) is 14.3. The van der Waals surface area contributed by atoms with E-state index >= 15 is 0 Å². The minimum absolute atomic E-state index is 0.0223. The number of hydrogen-bond donors (Lipinski definition) is 4. The van der Waals surface area contributed by atoms with Crippen molar-refractivity contribution in [1.82, 2.24) is 0 Å². The van der Waals surface area contributed by atoms with Crippen LogP contribution in [0.3, 0.4) is 0 Å². The fourth-order valence-corrected chi connectivity index (χ4v) is 8.04. The molecule has 0 spiro atoms. The minimum Gasteiger partial charge on any atom is -0.393 e. The van der Waals surface area contributed by atoms with Crippen LogP contribution in [-0.4, -0.2) is 56.2 Å². The second kappa shape index (κ2) is 12.6. The fraction of sp³-hybridized carbons (Fsp3) is 0.758. The second-order valence-electron chi connectivity index (χ2n) is 14.3. The molecule has 0 bridgehead atoms. The lowest BCUT2D eigenvalue weighted by Crippen LogP contribution is -2.55. The molecule has 4 nitrogen and oxygen atoms in total. The van der Waals surface area contributed by atoms with Gasteiger partial charge in [0.1, 0.15) is 0 Å². The van der Waals surface area contributed by atoms with Crippen LogP contribution in [0.4, 0.5) is 26.3 Å². The third-order valence-electron chi connectivity index (χ3n) is 10.4. The van der Waals surface area contributed by atoms with Crippen molar-refractivity contribution >= 4 is 0 Å². The standard InChI is InChI=1S/C33H48F6O4/c1-21-23(19-24(40)20-26(21)41)11-10-22-9-6-17-30(5)25(22)12-13-27(30)29(4,15-7-14-28(2,3)42)16-8-18-31(43,32(34,35)36)33(37,38)39/h8,10-11,18,24-27,40-43H,1,6-7,9,12-17,19-20H2,2-5H3/b18-8-,22-10+,23-11-/t24-,25?,26+,27-,29+,30+/m1/s1. The van der Waals surface area contributed by atoms with Crippen molar-refractivity contribution in [2.45, 2.75) is 134 Å². The Morgan fingerprint density at radius 1 is 0.953 bits per heavy atom. The molecule has 0 heterocycles. The Morgan fingerprint density at radius 2 is 1.58 bits per heavy atom. The van der Waals surface area contributed by atoms with Crippen molar-refractivity contribution in [3.63, 3.8) is 0 Å². The molecule has 3 saturated carbocycles. The van der Waals surface area contributed by atoms with Crippen LogP contribution in [-0.2, 0) is 0 Å². The zero-order valence-electron chi connectivity index (χ0n) is 25.7. The third kappa shape index (κ3) is 7.79. The molecule has 4 N–H and O–H groups in total. The van der Waals surface area contributed by atoms with Gasteiger partial charge in [-0.25, -0.2) is 0 Å². The number of aliphatic hydroxyl groups is 4. The molecule has 43 heavy (non-hydrogen) atoms. The number of allylic oxidation sites excluding steroid dienone is 4. The molecule has 0 saturated heterocycles. The van der Waals surface area contributed by atoms with Crippen molar-refractivity contribution in [2.24, 2.45) is 22.7 Å². The van der Waals surface area contributed by atoms with Gasteiger partial charge in [-0.3, -0.25) is 0 Å². The molecule has 0 radical (unpaired) electrons. The predicted octanol–water partition coefficient (Wildman–Crippen LogP) is 7.88. The van der Waals surface area contributed by atoms with Gasteiger partial charge in [0.25, 0.3) is 5.60 Å². The van der Waals surface area contributed by atoms with E-state index < -0.39 is 41.2 Å². The summed E-state index contributed by atoms with van der Waals surface area (Å²) in [6.07, 6.45) is -2.44. The van der Waals surface area contributed by atoms with Gasteiger partial charge < -0.3 is 20.4 Å². The largest absolute Gasteiger partial charge is 0.429 e. The van der Waals surface area contributed by atoms with Crippen molar-refractivity contribution in [2.75, 3.05) is 0 Å². The monoisotopic (exact) mass is 622 g/mol. The first kappa shape index (κ1) is 35.9. The molecule has 0 aliphatic heterocycles. The van der Waals surface area contributed by atoms with Crippen LogP contribution in [0.1, 0.15) is 98.3 Å². The van der Waals surface area contributed by atoms with Gasteiger partial charge >= 0.3 is 12.4 Å². The van der Waals surface area contributed by atoms with E-state index in [9.17, 15) is 46.8 Å². The van der Waals surface area contributed by atoms with Crippen LogP contribution in [0, 0.1) is 22.7 Å². The van der Waals surface area contributed by atoms with Crippen LogP contribution in [0.15, 0.2) is 47.6 Å². The zero-order valence-corrected chi connectivity index (χ0v) is 25.7. The highest BCUT2D eigenvalue weighted by Gasteiger charge is 2.69. The smallest absolute Gasteiger partial charge is 0.393 e. The third-order valence-corrected chi connectivity index (χ3v) is 10.4. The van der Waals surface area contributed by atoms with Gasteiger partial charge in [-0.2, -0.15) is 26.3 Å². The fourth-order valence-electron chi connectivity index (χ4n) is 8.04. The summed E-state index contributed by atoms with van der Waals surface area (Å²) in [5.74, 6) is 0.139. The van der Waals surface area contributed by atoms with Crippen LogP contribution < -0.4 is 0 Å². The van der Waals surface area contributed by atoms with Crippen molar-refractivity contribution in [1.29, 1.82) is 0 Å². The van der Waals surface area contributed by atoms with E-state index in [-0.39, 0.29) is 36.2 Å². The van der Waals surface area contributed by atoms with E-state index in [2.05, 4.69) is 13.5 Å². The Kier molecular flexibility index (Phi) is 10.5. The van der Waals surface area contributed by atoms with E-state index in [0.717, 1.165) is 43.8 Å². The Balaban J connectivity index is 1.93. The van der Waals surface area contributed by atoms with E-state index in [0.29, 0.717) is 31.3 Å². The van der Waals surface area contributed by atoms with Crippen molar-refractivity contribution < 1.29 is 46.8 Å². The number of alkyl halides is 6. The van der Waals surface area contributed by atoms with Crippen LogP contribution in [0.5, 0.6) is 0 Å². The number of fused-ring (bicyclic) bond motifs is 1. The lowest BCUT2D eigenvalue weighted by Gasteiger charge is -2.49. The highest BCUT2D eigenvalue weighted by atomic mass is 19.4. The van der Waals surface area contributed by atoms with Gasteiger partial charge in [-0.15, -0.1) is 0 Å². The molecule has 246 valence electrons. The maximum Gasteiger partial charge on any atom is 0.429 e. The number of aliphatic hydroxyl groups excluding tert-OH is 2. The van der Waals surface area contributed by atoms with Gasteiger partial charge in [-0.05, 0) is 112 Å². The number of halogens is 6. The van der Waals surface area contributed by atoms with Gasteiger partial charge in [-0.1, -0.05) is 50.6 Å². The molecule has 6 atom stereocenters. The van der Waals surface area contributed by atoms with Crippen LogP contribution in [0.25, 0.3) is 0 Å². The lowest BCUT2D eigenvalue weighted by molar-refractivity contribution is -0.347. The average Bonchev–Trinajstić information content (AvgIpc) is 3.21. The first-order chi connectivity index (χ1) is 19.5. The zero-order chi connectivity index (χ0) is 32.6. The highest BCUT2D eigenvalue weighted by Crippen LogP contribution is 2.64. The molecule has 3 rings (SSSR count). The Hall–Kier alpha value is -1.62. The molecule has 3 fully saturated rings. The van der Waals surface area contributed by atoms with E-state index in [1.165, 1.54) is 5.57 Å². The van der Waals surface area contributed by atoms with Crippen molar-refractivity contribution in [3.8, 4) is 0 Å². The summed E-state index contributed by atoms with van der Waals surface area (Å²) >= 11 is 0. The molecule has 0 amide bonds. The highest BCUT2D eigenvalue weighted by molar-refractivity contribution is 5.38. The summed E-state index contributed by atoms with van der Waals surface area (Å²) in [6, 6.07) is 0. The minimum atomic E-state index is -5.92. The molecule has 3 aliphatic carbocycles. The molecule has 0 aromatic carbocycles. The quantitative estimate of drug-likeness (QED) is 0.156. The number of rotatable bonds is 9. The predicted molar refractivity (Wildman–Crippen MR) is 154 cm³/mol. The molecule has 10 heteroatoms. The topological polar surface area (TPSA) is 80.9 Å². The summed E-state index contributed by atoms with van der Waals surface area (Å²) in [5, 5.41) is 40.3. The molecule has 1 unspecified atom stereocenters. The molecular formula is C33H48F6O4. The van der Waals surface area contributed by atoms with Crippen LogP contribution >= 0.6 is 0 Å². The Bertz CT molecular complexity index is 1080. The van der Waals surface area contributed by atoms with Gasteiger partial charge in [0, 0.05) is 6.42 Å². The molecule has 3 aliphatic rings. The average molecular weight is 623 g/mol. The SMILES string of the molecule is C=C1/C(=C\C=C2/CCC[C@@]3(C)C2CC[C@@H]3[C@](C)(C/C=C\C(O)(C(F)(F)F)C(F)(F)F)CCCC(C)(C)O)C[C@@H](O)C[C@@H]1O. The van der Waals surface area contributed by atoms with Gasteiger partial charge in [0.05, 0.1) is 17.8 Å². The van der Waals surface area contributed by atoms with E-state index in [1.54, 1.807) is 13.8 Å². The first-order valence-electron chi connectivity index (χ1n) is 15.2. The summed E-state index contributed by atoms with van der Waals surface area (Å²) in [6.45, 7) is 11.4. The van der Waals surface area contributed by atoms with E-state index in [1.807, 2.05) is 19.1 Å². The van der Waals surface area contributed by atoms with Gasteiger partial charge in [0.2, 0.25) is 0 Å². The molecule has 0 aromatic rings. The summed E-state index contributed by atoms with van der Waals surface area (Å²) < 4.78 is 80.2. The maximum absolute atomic E-state index is 13.4. The Labute approximate surface area is 251 Å². The van der Waals surface area contributed by atoms with Crippen LogP contribution in [0.2, 0.25) is 0 Å². The first-order valence-corrected chi connectivity index (χ1v) is 15.2. The normalized spacial score (nSPS) is 32.9. The maximum atomic E-state index is 13.4.